The van der Waals surface area contributed by atoms with Crippen molar-refractivity contribution in [1.29, 1.82) is 0 Å². The van der Waals surface area contributed by atoms with Gasteiger partial charge in [-0.15, -0.1) is 0 Å². The van der Waals surface area contributed by atoms with Crippen molar-refractivity contribution in [2.75, 3.05) is 0 Å². The Morgan fingerprint density at radius 3 is 1.68 bits per heavy atom. The number of aliphatic carboxylic acids is 3. The molecule has 0 rings (SSSR count). The van der Waals surface area contributed by atoms with E-state index in [4.69, 9.17) is 10.2 Å². The molecule has 0 aliphatic carbocycles. The van der Waals surface area contributed by atoms with E-state index in [9.17, 15) is 24.6 Å². The van der Waals surface area contributed by atoms with Crippen LogP contribution >= 0.6 is 0 Å². The molecule has 7 heteroatoms. The molecule has 2 atom stereocenters. The number of carboxylic acids is 3. The van der Waals surface area contributed by atoms with E-state index in [1.807, 2.05) is 0 Å². The molecule has 0 saturated heterocycles. The summed E-state index contributed by atoms with van der Waals surface area (Å²) in [6.07, 6.45) is -0.396. The van der Waals surface area contributed by atoms with Crippen molar-refractivity contribution in [3.63, 3.8) is 0 Å². The second kappa shape index (κ2) is 7.58. The zero-order valence-corrected chi connectivity index (χ0v) is 13.5. The monoisotopic (exact) mass is 318 g/mol. The minimum atomic E-state index is -1.39. The summed E-state index contributed by atoms with van der Waals surface area (Å²) in [5.74, 6) is -5.14. The molecule has 0 spiro atoms. The van der Waals surface area contributed by atoms with Crippen LogP contribution in [0, 0.1) is 17.3 Å². The maximum absolute atomic E-state index is 11.6. The Labute approximate surface area is 130 Å². The first-order valence-electron chi connectivity index (χ1n) is 7.18. The van der Waals surface area contributed by atoms with E-state index in [2.05, 4.69) is 0 Å². The molecule has 0 aliphatic rings. The fraction of sp³-hybridized carbons (Fsp3) is 0.800. The van der Waals surface area contributed by atoms with Crippen LogP contribution in [0.4, 0.5) is 0 Å². The number of rotatable bonds is 10. The van der Waals surface area contributed by atoms with Crippen molar-refractivity contribution in [3.8, 4) is 0 Å². The van der Waals surface area contributed by atoms with Gasteiger partial charge in [0.1, 0.15) is 0 Å². The van der Waals surface area contributed by atoms with Gasteiger partial charge >= 0.3 is 17.9 Å². The molecule has 0 aromatic heterocycles. The zero-order valence-electron chi connectivity index (χ0n) is 13.5. The average molecular weight is 318 g/mol. The molecular formula is C15H26O7. The Bertz CT molecular complexity index is 420. The first-order valence-corrected chi connectivity index (χ1v) is 7.18. The van der Waals surface area contributed by atoms with Gasteiger partial charge in [-0.05, 0) is 32.1 Å². The van der Waals surface area contributed by atoms with E-state index < -0.39 is 40.8 Å². The van der Waals surface area contributed by atoms with Crippen LogP contribution in [-0.2, 0) is 14.4 Å². The van der Waals surface area contributed by atoms with E-state index in [1.54, 1.807) is 13.8 Å². The summed E-state index contributed by atoms with van der Waals surface area (Å²) in [5, 5.41) is 37.4. The van der Waals surface area contributed by atoms with Crippen LogP contribution in [0.2, 0.25) is 0 Å². The summed E-state index contributed by atoms with van der Waals surface area (Å²) in [6, 6.07) is 0. The van der Waals surface area contributed by atoms with Crippen LogP contribution in [0.3, 0.4) is 0 Å². The molecule has 2 unspecified atom stereocenters. The van der Waals surface area contributed by atoms with Crippen LogP contribution in [0.15, 0.2) is 0 Å². The summed E-state index contributed by atoms with van der Waals surface area (Å²) in [5.41, 5.74) is -2.16. The van der Waals surface area contributed by atoms with E-state index in [1.165, 1.54) is 13.8 Å². The molecule has 0 amide bonds. The van der Waals surface area contributed by atoms with E-state index in [0.29, 0.717) is 0 Å². The lowest BCUT2D eigenvalue weighted by Crippen LogP contribution is -2.48. The normalized spacial score (nSPS) is 15.1. The molecule has 4 N–H and O–H groups in total. The Balaban J connectivity index is 5.51. The van der Waals surface area contributed by atoms with Crippen LogP contribution in [0.25, 0.3) is 0 Å². The molecule has 0 aliphatic heterocycles. The van der Waals surface area contributed by atoms with Gasteiger partial charge < -0.3 is 20.4 Å². The van der Waals surface area contributed by atoms with Crippen molar-refractivity contribution in [1.82, 2.24) is 0 Å². The Morgan fingerprint density at radius 2 is 1.36 bits per heavy atom. The van der Waals surface area contributed by atoms with Gasteiger partial charge in [0, 0.05) is 18.8 Å². The smallest absolute Gasteiger partial charge is 0.306 e. The minimum Gasteiger partial charge on any atom is -0.481 e. The number of hydrogen-bond acceptors (Lipinski definition) is 4. The summed E-state index contributed by atoms with van der Waals surface area (Å²) in [6.45, 7) is 6.35. The fourth-order valence-electron chi connectivity index (χ4n) is 3.29. The Hall–Kier alpha value is -1.63. The minimum absolute atomic E-state index is 0.115. The number of carboxylic acid groups (broad SMARTS) is 3. The lowest BCUT2D eigenvalue weighted by molar-refractivity contribution is -0.156. The van der Waals surface area contributed by atoms with Crippen molar-refractivity contribution in [3.05, 3.63) is 0 Å². The molecule has 0 saturated carbocycles. The van der Waals surface area contributed by atoms with Crippen molar-refractivity contribution < 1.29 is 34.8 Å². The third-order valence-electron chi connectivity index (χ3n) is 3.97. The van der Waals surface area contributed by atoms with Crippen LogP contribution in [0.1, 0.15) is 53.4 Å². The highest BCUT2D eigenvalue weighted by Crippen LogP contribution is 2.45. The predicted octanol–water partition coefficient (Wildman–Crippen LogP) is 1.83. The van der Waals surface area contributed by atoms with E-state index in [0.717, 1.165) is 0 Å². The number of carbonyl (C=O) groups is 3. The molecule has 0 heterocycles. The largest absolute Gasteiger partial charge is 0.481 e. The molecule has 0 fully saturated rings. The molecule has 7 nitrogen and oxygen atoms in total. The summed E-state index contributed by atoms with van der Waals surface area (Å²) < 4.78 is 0. The van der Waals surface area contributed by atoms with Crippen molar-refractivity contribution in [2.45, 2.75) is 59.0 Å². The first-order chi connectivity index (χ1) is 9.79. The van der Waals surface area contributed by atoms with Crippen molar-refractivity contribution >= 4 is 17.9 Å². The van der Waals surface area contributed by atoms with Gasteiger partial charge in [-0.1, -0.05) is 13.8 Å². The summed E-state index contributed by atoms with van der Waals surface area (Å²) in [7, 11) is 0. The standard InChI is InChI=1S/C15H26O7/c1-14(2,8-7-11(18)19)12(15(3,4)22)9(13(20)21)5-6-10(16)17/h9,12,22H,5-8H2,1-4H3,(H,16,17)(H,18,19)(H,20,21). The van der Waals surface area contributed by atoms with Crippen molar-refractivity contribution in [2.24, 2.45) is 17.3 Å². The van der Waals surface area contributed by atoms with Gasteiger partial charge in [0.25, 0.3) is 0 Å². The Morgan fingerprint density at radius 1 is 0.909 bits per heavy atom. The Kier molecular flexibility index (Phi) is 7.02. The maximum atomic E-state index is 11.6. The topological polar surface area (TPSA) is 132 Å². The summed E-state index contributed by atoms with van der Waals surface area (Å²) >= 11 is 0. The summed E-state index contributed by atoms with van der Waals surface area (Å²) in [4.78, 5) is 33.1. The molecule has 0 aromatic rings. The highest BCUT2D eigenvalue weighted by atomic mass is 16.4. The zero-order chi connectivity index (χ0) is 17.7. The third-order valence-corrected chi connectivity index (χ3v) is 3.97. The number of aliphatic hydroxyl groups is 1. The van der Waals surface area contributed by atoms with Crippen LogP contribution in [0.5, 0.6) is 0 Å². The maximum Gasteiger partial charge on any atom is 0.306 e. The SMILES string of the molecule is CC(C)(O)C(C(CCC(=O)O)C(=O)O)C(C)(C)CCC(=O)O. The van der Waals surface area contributed by atoms with Gasteiger partial charge in [0.05, 0.1) is 11.5 Å². The van der Waals surface area contributed by atoms with Gasteiger partial charge in [0.15, 0.2) is 0 Å². The molecule has 0 bridgehead atoms. The van der Waals surface area contributed by atoms with Gasteiger partial charge in [0.2, 0.25) is 0 Å². The van der Waals surface area contributed by atoms with Gasteiger partial charge in [-0.25, -0.2) is 0 Å². The first kappa shape index (κ1) is 20.4. The molecule has 22 heavy (non-hydrogen) atoms. The molecule has 0 aromatic carbocycles. The van der Waals surface area contributed by atoms with Crippen LogP contribution < -0.4 is 0 Å². The molecular weight excluding hydrogens is 292 g/mol. The third kappa shape index (κ3) is 6.43. The van der Waals surface area contributed by atoms with Gasteiger partial charge in [-0.3, -0.25) is 14.4 Å². The second-order valence-corrected chi connectivity index (χ2v) is 6.89. The van der Waals surface area contributed by atoms with E-state index >= 15 is 0 Å². The fourth-order valence-corrected chi connectivity index (χ4v) is 3.29. The molecule has 0 radical (unpaired) electrons. The average Bonchev–Trinajstić information content (AvgIpc) is 2.29. The highest BCUT2D eigenvalue weighted by molar-refractivity contribution is 5.73. The highest BCUT2D eigenvalue weighted by Gasteiger charge is 2.47. The lowest BCUT2D eigenvalue weighted by atomic mass is 9.62. The van der Waals surface area contributed by atoms with Gasteiger partial charge in [-0.2, -0.15) is 0 Å². The predicted molar refractivity (Wildman–Crippen MR) is 78.4 cm³/mol. The lowest BCUT2D eigenvalue weighted by Gasteiger charge is -2.45. The number of hydrogen-bond donors (Lipinski definition) is 4. The van der Waals surface area contributed by atoms with E-state index in [-0.39, 0.29) is 25.7 Å². The molecule has 128 valence electrons. The van der Waals surface area contributed by atoms with Crippen LogP contribution in [-0.4, -0.2) is 43.9 Å². The second-order valence-electron chi connectivity index (χ2n) is 6.89. The quantitative estimate of drug-likeness (QED) is 0.483.